The summed E-state index contributed by atoms with van der Waals surface area (Å²) in [7, 11) is 0. The summed E-state index contributed by atoms with van der Waals surface area (Å²) in [6, 6.07) is 5.23. The minimum atomic E-state index is -0.252. The van der Waals surface area contributed by atoms with Gasteiger partial charge in [-0.05, 0) is 40.4 Å². The Morgan fingerprint density at radius 1 is 1.53 bits per heavy atom. The number of benzene rings is 1. The fraction of sp³-hybridized carbons (Fsp3) is 0.333. The van der Waals surface area contributed by atoms with E-state index < -0.39 is 0 Å². The van der Waals surface area contributed by atoms with E-state index in [4.69, 9.17) is 4.74 Å². The van der Waals surface area contributed by atoms with Crippen molar-refractivity contribution in [2.45, 2.75) is 18.9 Å². The second-order valence-electron chi connectivity index (χ2n) is 3.63. The molecular formula is C12H12BrFO. The van der Waals surface area contributed by atoms with E-state index in [9.17, 15) is 4.39 Å². The number of ether oxygens (including phenoxy) is 1. The molecule has 0 aliphatic carbocycles. The third-order valence-corrected chi connectivity index (χ3v) is 3.23. The molecule has 1 heterocycles. The van der Waals surface area contributed by atoms with Crippen molar-refractivity contribution in [3.63, 3.8) is 0 Å². The zero-order valence-corrected chi connectivity index (χ0v) is 9.89. The lowest BCUT2D eigenvalue weighted by Crippen LogP contribution is -2.08. The summed E-state index contributed by atoms with van der Waals surface area (Å²) in [4.78, 5) is 0. The average molecular weight is 271 g/mol. The molecule has 1 aromatic carbocycles. The van der Waals surface area contributed by atoms with E-state index >= 15 is 0 Å². The number of rotatable bonds is 2. The maximum atomic E-state index is 13.7. The molecule has 0 radical (unpaired) electrons. The van der Waals surface area contributed by atoms with Gasteiger partial charge >= 0.3 is 0 Å². The van der Waals surface area contributed by atoms with Crippen LogP contribution in [0.2, 0.25) is 0 Å². The highest BCUT2D eigenvalue weighted by atomic mass is 79.9. The second kappa shape index (κ2) is 4.45. The van der Waals surface area contributed by atoms with Crippen molar-refractivity contribution < 1.29 is 9.13 Å². The van der Waals surface area contributed by atoms with Crippen LogP contribution in [0.5, 0.6) is 0 Å². The van der Waals surface area contributed by atoms with Crippen LogP contribution in [0.25, 0.3) is 5.57 Å². The van der Waals surface area contributed by atoms with Crippen molar-refractivity contribution in [3.8, 4) is 0 Å². The van der Waals surface area contributed by atoms with Gasteiger partial charge in [-0.1, -0.05) is 18.7 Å². The predicted octanol–water partition coefficient (Wildman–Crippen LogP) is 3.78. The molecule has 1 aliphatic rings. The molecule has 3 heteroatoms. The van der Waals surface area contributed by atoms with Crippen LogP contribution in [0.1, 0.15) is 18.4 Å². The molecule has 1 saturated heterocycles. The standard InChI is InChI=1S/C12H12BrFO/c1-8(11-6-3-7-15-11)9-4-2-5-10(13)12(9)14/h2,4-5,11H,1,3,6-7H2. The maximum absolute atomic E-state index is 13.7. The highest BCUT2D eigenvalue weighted by Gasteiger charge is 2.22. The van der Waals surface area contributed by atoms with E-state index in [0.717, 1.165) is 25.0 Å². The van der Waals surface area contributed by atoms with Crippen LogP contribution in [0.3, 0.4) is 0 Å². The van der Waals surface area contributed by atoms with Crippen molar-refractivity contribution in [1.29, 1.82) is 0 Å². The van der Waals surface area contributed by atoms with Crippen molar-refractivity contribution in [2.75, 3.05) is 6.61 Å². The second-order valence-corrected chi connectivity index (χ2v) is 4.48. The van der Waals surface area contributed by atoms with Gasteiger partial charge in [-0.15, -0.1) is 0 Å². The van der Waals surface area contributed by atoms with Crippen LogP contribution in [0.15, 0.2) is 29.3 Å². The first kappa shape index (κ1) is 10.8. The first-order valence-electron chi connectivity index (χ1n) is 4.95. The van der Waals surface area contributed by atoms with Crippen LogP contribution >= 0.6 is 15.9 Å². The van der Waals surface area contributed by atoms with E-state index in [-0.39, 0.29) is 11.9 Å². The van der Waals surface area contributed by atoms with Crippen LogP contribution in [-0.2, 0) is 4.74 Å². The van der Waals surface area contributed by atoms with Crippen LogP contribution < -0.4 is 0 Å². The molecule has 0 saturated carbocycles. The first-order valence-corrected chi connectivity index (χ1v) is 5.74. The lowest BCUT2D eigenvalue weighted by Gasteiger charge is -2.14. The molecule has 1 aliphatic heterocycles. The highest BCUT2D eigenvalue weighted by Crippen LogP contribution is 2.30. The normalized spacial score (nSPS) is 20.5. The molecule has 1 nitrogen and oxygen atoms in total. The van der Waals surface area contributed by atoms with Crippen LogP contribution in [0, 0.1) is 5.82 Å². The van der Waals surface area contributed by atoms with E-state index in [0.29, 0.717) is 10.0 Å². The van der Waals surface area contributed by atoms with Gasteiger partial charge in [0.05, 0.1) is 10.6 Å². The Kier molecular flexibility index (Phi) is 3.22. The molecule has 1 unspecified atom stereocenters. The molecule has 1 aromatic rings. The third kappa shape index (κ3) is 2.13. The molecule has 2 rings (SSSR count). The maximum Gasteiger partial charge on any atom is 0.144 e. The summed E-state index contributed by atoms with van der Waals surface area (Å²) in [5.41, 5.74) is 1.29. The molecular weight excluding hydrogens is 259 g/mol. The van der Waals surface area contributed by atoms with Gasteiger partial charge in [0.15, 0.2) is 0 Å². The van der Waals surface area contributed by atoms with Gasteiger partial charge in [0.1, 0.15) is 5.82 Å². The summed E-state index contributed by atoms with van der Waals surface area (Å²) in [5.74, 6) is -0.252. The molecule has 0 N–H and O–H groups in total. The Labute approximate surface area is 97.1 Å². The van der Waals surface area contributed by atoms with Crippen molar-refractivity contribution in [1.82, 2.24) is 0 Å². The molecule has 15 heavy (non-hydrogen) atoms. The zero-order chi connectivity index (χ0) is 10.8. The summed E-state index contributed by atoms with van der Waals surface area (Å²) >= 11 is 3.17. The van der Waals surface area contributed by atoms with Gasteiger partial charge in [0, 0.05) is 12.2 Å². The number of hydrogen-bond acceptors (Lipinski definition) is 1. The Morgan fingerprint density at radius 2 is 2.33 bits per heavy atom. The average Bonchev–Trinajstić information content (AvgIpc) is 2.74. The summed E-state index contributed by atoms with van der Waals surface area (Å²) < 4.78 is 19.7. The summed E-state index contributed by atoms with van der Waals surface area (Å²) in [5, 5.41) is 0. The van der Waals surface area contributed by atoms with Crippen molar-refractivity contribution in [3.05, 3.63) is 40.6 Å². The van der Waals surface area contributed by atoms with Gasteiger partial charge in [-0.2, -0.15) is 0 Å². The minimum Gasteiger partial charge on any atom is -0.374 e. The monoisotopic (exact) mass is 270 g/mol. The molecule has 1 fully saturated rings. The van der Waals surface area contributed by atoms with Gasteiger partial charge in [0.25, 0.3) is 0 Å². The number of hydrogen-bond donors (Lipinski definition) is 0. The number of halogens is 2. The molecule has 0 bridgehead atoms. The largest absolute Gasteiger partial charge is 0.374 e. The fourth-order valence-electron chi connectivity index (χ4n) is 1.78. The Hall–Kier alpha value is -0.670. The SMILES string of the molecule is C=C(c1cccc(Br)c1F)C1CCCO1. The molecule has 1 atom stereocenters. The first-order chi connectivity index (χ1) is 7.20. The van der Waals surface area contributed by atoms with Gasteiger partial charge in [0.2, 0.25) is 0 Å². The zero-order valence-electron chi connectivity index (χ0n) is 8.30. The quantitative estimate of drug-likeness (QED) is 0.795. The van der Waals surface area contributed by atoms with E-state index in [1.54, 1.807) is 12.1 Å². The molecule has 80 valence electrons. The van der Waals surface area contributed by atoms with Crippen molar-refractivity contribution >= 4 is 21.5 Å². The van der Waals surface area contributed by atoms with Gasteiger partial charge < -0.3 is 4.74 Å². The van der Waals surface area contributed by atoms with E-state index in [1.165, 1.54) is 0 Å². The Balaban J connectivity index is 2.28. The highest BCUT2D eigenvalue weighted by molar-refractivity contribution is 9.10. The fourth-order valence-corrected chi connectivity index (χ4v) is 2.14. The third-order valence-electron chi connectivity index (χ3n) is 2.62. The lowest BCUT2D eigenvalue weighted by molar-refractivity contribution is 0.152. The van der Waals surface area contributed by atoms with Crippen molar-refractivity contribution in [2.24, 2.45) is 0 Å². The summed E-state index contributed by atoms with van der Waals surface area (Å²) in [6.45, 7) is 4.67. The predicted molar refractivity (Wildman–Crippen MR) is 62.1 cm³/mol. The van der Waals surface area contributed by atoms with E-state index in [1.807, 2.05) is 6.07 Å². The van der Waals surface area contributed by atoms with Crippen LogP contribution in [0.4, 0.5) is 4.39 Å². The molecule has 0 spiro atoms. The Morgan fingerprint density at radius 3 is 3.00 bits per heavy atom. The smallest absolute Gasteiger partial charge is 0.144 e. The Bertz CT molecular complexity index is 383. The lowest BCUT2D eigenvalue weighted by atomic mass is 10.00. The molecule has 0 amide bonds. The minimum absolute atomic E-state index is 0.0196. The van der Waals surface area contributed by atoms with Crippen LogP contribution in [-0.4, -0.2) is 12.7 Å². The van der Waals surface area contributed by atoms with Gasteiger partial charge in [-0.3, -0.25) is 0 Å². The summed E-state index contributed by atoms with van der Waals surface area (Å²) in [6.07, 6.45) is 1.94. The molecule has 0 aromatic heterocycles. The van der Waals surface area contributed by atoms with E-state index in [2.05, 4.69) is 22.5 Å². The van der Waals surface area contributed by atoms with Gasteiger partial charge in [-0.25, -0.2) is 4.39 Å². The topological polar surface area (TPSA) is 9.23 Å².